The number of rotatable bonds is 12. The number of unbranched alkanes of at least 4 members (excludes halogenated alkanes) is 1. The summed E-state index contributed by atoms with van der Waals surface area (Å²) in [4.78, 5) is 4.81. The zero-order valence-corrected chi connectivity index (χ0v) is 21.3. The minimum atomic E-state index is -0.960. The van der Waals surface area contributed by atoms with Crippen LogP contribution < -0.4 is 0 Å². The second kappa shape index (κ2) is 11.8. The molecule has 0 aliphatic carbocycles. The second-order valence-electron chi connectivity index (χ2n) is 8.50. The number of allylic oxidation sites excluding steroid dienone is 1. The van der Waals surface area contributed by atoms with Gasteiger partial charge in [-0.3, -0.25) is 0 Å². The van der Waals surface area contributed by atoms with Gasteiger partial charge in [0, 0.05) is 26.2 Å². The average molecular weight is 488 g/mol. The number of benzene rings is 2. The Morgan fingerprint density at radius 1 is 1.00 bits per heavy atom. The predicted octanol–water partition coefficient (Wildman–Crippen LogP) is 5.23. The maximum atomic E-state index is 5.80. The van der Waals surface area contributed by atoms with Crippen molar-refractivity contribution in [1.29, 1.82) is 0 Å². The van der Waals surface area contributed by atoms with Gasteiger partial charge in [0.05, 0.1) is 6.54 Å². The van der Waals surface area contributed by atoms with Crippen molar-refractivity contribution in [1.82, 2.24) is 35.4 Å². The van der Waals surface area contributed by atoms with Gasteiger partial charge in [-0.05, 0) is 40.8 Å². The molecule has 0 aliphatic rings. The van der Waals surface area contributed by atoms with E-state index in [0.717, 1.165) is 47.3 Å². The molecule has 9 nitrogen and oxygen atoms in total. The summed E-state index contributed by atoms with van der Waals surface area (Å²) in [7, 11) is 3.29. The second-order valence-corrected chi connectivity index (χ2v) is 8.50. The molecule has 4 aromatic rings. The van der Waals surface area contributed by atoms with Crippen molar-refractivity contribution >= 4 is 6.08 Å². The van der Waals surface area contributed by atoms with Crippen LogP contribution in [-0.2, 0) is 21.8 Å². The molecule has 9 heteroatoms. The standard InChI is InChI=1S/C27H33N7O2/c1-5-7-13-24-28-26(27(35-3,36-4)18-8-6-2)31-34(24)19-20-14-16-21(17-15-20)22-11-9-10-12-23(22)25-29-32-33-30-25/h7,9-17H,5-6,8,18-19H2,1-4H3,(H,29,30,32,33). The van der Waals surface area contributed by atoms with E-state index < -0.39 is 5.79 Å². The largest absolute Gasteiger partial charge is 0.347 e. The third kappa shape index (κ3) is 5.42. The van der Waals surface area contributed by atoms with E-state index in [0.29, 0.717) is 24.6 Å². The van der Waals surface area contributed by atoms with Crippen molar-refractivity contribution in [2.75, 3.05) is 14.2 Å². The summed E-state index contributed by atoms with van der Waals surface area (Å²) < 4.78 is 13.5. The van der Waals surface area contributed by atoms with Gasteiger partial charge in [-0.25, -0.2) is 9.67 Å². The molecule has 36 heavy (non-hydrogen) atoms. The van der Waals surface area contributed by atoms with E-state index in [1.165, 1.54) is 0 Å². The first-order chi connectivity index (χ1) is 17.6. The molecule has 0 aliphatic heterocycles. The zero-order chi connectivity index (χ0) is 25.4. The van der Waals surface area contributed by atoms with Crippen LogP contribution in [0.2, 0.25) is 0 Å². The first-order valence-electron chi connectivity index (χ1n) is 12.3. The fraction of sp³-hybridized carbons (Fsp3) is 0.370. The highest BCUT2D eigenvalue weighted by Crippen LogP contribution is 2.31. The molecule has 2 aromatic carbocycles. The zero-order valence-electron chi connectivity index (χ0n) is 21.3. The van der Waals surface area contributed by atoms with Crippen LogP contribution in [0.1, 0.15) is 56.7 Å². The molecule has 188 valence electrons. The van der Waals surface area contributed by atoms with Gasteiger partial charge in [0.1, 0.15) is 0 Å². The Morgan fingerprint density at radius 2 is 1.75 bits per heavy atom. The smallest absolute Gasteiger partial charge is 0.231 e. The molecule has 1 N–H and O–H groups in total. The van der Waals surface area contributed by atoms with Crippen molar-refractivity contribution in [2.24, 2.45) is 0 Å². The first-order valence-corrected chi connectivity index (χ1v) is 12.3. The summed E-state index contributed by atoms with van der Waals surface area (Å²) in [5.41, 5.74) is 4.14. The van der Waals surface area contributed by atoms with Crippen molar-refractivity contribution < 1.29 is 9.47 Å². The van der Waals surface area contributed by atoms with E-state index >= 15 is 0 Å². The molecule has 0 atom stereocenters. The monoisotopic (exact) mass is 487 g/mol. The molecule has 0 unspecified atom stereocenters. The Kier molecular flexibility index (Phi) is 8.35. The quantitative estimate of drug-likeness (QED) is 0.273. The molecule has 0 spiro atoms. The minimum absolute atomic E-state index is 0.544. The van der Waals surface area contributed by atoms with E-state index in [1.807, 2.05) is 29.0 Å². The van der Waals surface area contributed by atoms with Gasteiger partial charge in [0.2, 0.25) is 17.4 Å². The Morgan fingerprint density at radius 3 is 2.39 bits per heavy atom. The highest BCUT2D eigenvalue weighted by molar-refractivity contribution is 5.80. The number of H-pyrrole nitrogens is 1. The number of ether oxygens (including phenoxy) is 2. The Balaban J connectivity index is 1.63. The van der Waals surface area contributed by atoms with E-state index in [9.17, 15) is 0 Å². The number of aromatic nitrogens is 7. The lowest BCUT2D eigenvalue weighted by atomic mass is 9.98. The predicted molar refractivity (Wildman–Crippen MR) is 139 cm³/mol. The Bertz CT molecular complexity index is 1260. The summed E-state index contributed by atoms with van der Waals surface area (Å²) >= 11 is 0. The highest BCUT2D eigenvalue weighted by atomic mass is 16.7. The third-order valence-corrected chi connectivity index (χ3v) is 6.17. The number of nitrogens with zero attached hydrogens (tertiary/aromatic N) is 6. The van der Waals surface area contributed by atoms with Gasteiger partial charge in [-0.1, -0.05) is 74.9 Å². The van der Waals surface area contributed by atoms with Crippen LogP contribution in [0.5, 0.6) is 0 Å². The molecule has 2 aromatic heterocycles. The first kappa shape index (κ1) is 25.4. The summed E-state index contributed by atoms with van der Waals surface area (Å²) in [5.74, 6) is 0.925. The summed E-state index contributed by atoms with van der Waals surface area (Å²) in [6.45, 7) is 4.81. The summed E-state index contributed by atoms with van der Waals surface area (Å²) in [6, 6.07) is 16.4. The normalized spacial score (nSPS) is 12.0. The fourth-order valence-corrected chi connectivity index (χ4v) is 4.14. The molecule has 0 amide bonds. The number of nitrogens with one attached hydrogen (secondary N) is 1. The van der Waals surface area contributed by atoms with E-state index in [2.05, 4.69) is 70.9 Å². The van der Waals surface area contributed by atoms with Crippen LogP contribution in [0.15, 0.2) is 54.6 Å². The Labute approximate surface area is 211 Å². The highest BCUT2D eigenvalue weighted by Gasteiger charge is 2.36. The molecule has 0 saturated carbocycles. The van der Waals surface area contributed by atoms with E-state index in [4.69, 9.17) is 19.6 Å². The molecule has 0 saturated heterocycles. The Hall–Kier alpha value is -3.69. The number of tetrazole rings is 1. The van der Waals surface area contributed by atoms with Crippen LogP contribution in [0, 0.1) is 0 Å². The molecule has 0 bridgehead atoms. The van der Waals surface area contributed by atoms with E-state index in [1.54, 1.807) is 14.2 Å². The van der Waals surface area contributed by atoms with Gasteiger partial charge < -0.3 is 9.47 Å². The van der Waals surface area contributed by atoms with Gasteiger partial charge in [0.25, 0.3) is 0 Å². The average Bonchev–Trinajstić information content (AvgIpc) is 3.60. The van der Waals surface area contributed by atoms with Crippen LogP contribution >= 0.6 is 0 Å². The summed E-state index contributed by atoms with van der Waals surface area (Å²) in [6.07, 6.45) is 7.65. The third-order valence-electron chi connectivity index (χ3n) is 6.17. The number of methoxy groups -OCH3 is 2. The number of hydrogen-bond donors (Lipinski definition) is 1. The molecular formula is C27H33N7O2. The molecule has 0 fully saturated rings. The van der Waals surface area contributed by atoms with Gasteiger partial charge >= 0.3 is 0 Å². The molecule has 0 radical (unpaired) electrons. The summed E-state index contributed by atoms with van der Waals surface area (Å²) in [5, 5.41) is 19.3. The topological polar surface area (TPSA) is 104 Å². The minimum Gasteiger partial charge on any atom is -0.347 e. The molecule has 2 heterocycles. The van der Waals surface area contributed by atoms with Crippen molar-refractivity contribution in [2.45, 2.75) is 51.9 Å². The lowest BCUT2D eigenvalue weighted by molar-refractivity contribution is -0.226. The lowest BCUT2D eigenvalue weighted by Gasteiger charge is -2.27. The van der Waals surface area contributed by atoms with Crippen LogP contribution in [-0.4, -0.2) is 49.6 Å². The van der Waals surface area contributed by atoms with Gasteiger partial charge in [-0.2, -0.15) is 5.21 Å². The van der Waals surface area contributed by atoms with Gasteiger partial charge in [0.15, 0.2) is 5.82 Å². The maximum absolute atomic E-state index is 5.80. The maximum Gasteiger partial charge on any atom is 0.231 e. The fourth-order valence-electron chi connectivity index (χ4n) is 4.14. The lowest BCUT2D eigenvalue weighted by Crippen LogP contribution is -2.32. The number of aromatic amines is 1. The van der Waals surface area contributed by atoms with Crippen molar-refractivity contribution in [3.8, 4) is 22.5 Å². The van der Waals surface area contributed by atoms with Crippen molar-refractivity contribution in [3.63, 3.8) is 0 Å². The molecule has 4 rings (SSSR count). The van der Waals surface area contributed by atoms with Crippen LogP contribution in [0.3, 0.4) is 0 Å². The van der Waals surface area contributed by atoms with Crippen LogP contribution in [0.25, 0.3) is 28.6 Å². The molecular weight excluding hydrogens is 454 g/mol. The number of hydrogen-bond acceptors (Lipinski definition) is 7. The van der Waals surface area contributed by atoms with E-state index in [-0.39, 0.29) is 0 Å². The SMILES string of the molecule is CCC=Cc1nc(C(CCCC)(OC)OC)nn1Cc1ccc(-c2ccccc2-c2nn[nH]n2)cc1. The van der Waals surface area contributed by atoms with Gasteiger partial charge in [-0.15, -0.1) is 15.3 Å². The van der Waals surface area contributed by atoms with Crippen molar-refractivity contribution in [3.05, 3.63) is 71.8 Å². The van der Waals surface area contributed by atoms with Crippen LogP contribution in [0.4, 0.5) is 0 Å².